The highest BCUT2D eigenvalue weighted by atomic mass is 31.2. The second-order valence-corrected chi connectivity index (χ2v) is 28.8. The fourth-order valence-electron chi connectivity index (χ4n) is 10.3. The molecule has 0 amide bonds. The van der Waals surface area contributed by atoms with Crippen LogP contribution >= 0.6 is 15.6 Å². The Kier molecular flexibility index (Phi) is 69.9. The Balaban J connectivity index is 5.41. The molecule has 19 heteroatoms. The van der Waals surface area contributed by atoms with Gasteiger partial charge in [-0.2, -0.15) is 0 Å². The normalized spacial score (nSPS) is 14.5. The fourth-order valence-corrected chi connectivity index (χ4v) is 11.9. The summed E-state index contributed by atoms with van der Waals surface area (Å²) in [4.78, 5) is 72.8. The second-order valence-electron chi connectivity index (χ2n) is 25.9. The summed E-state index contributed by atoms with van der Waals surface area (Å²) in [7, 11) is -9.98. The Morgan fingerprint density at radius 2 is 0.560 bits per heavy atom. The van der Waals surface area contributed by atoms with Crippen molar-refractivity contribution in [2.24, 2.45) is 0 Å². The van der Waals surface area contributed by atoms with Gasteiger partial charge in [-0.25, -0.2) is 9.13 Å². The number of phosphoric ester groups is 2. The molecule has 0 bridgehead atoms. The van der Waals surface area contributed by atoms with Crippen LogP contribution in [0.1, 0.15) is 323 Å². The molecule has 0 aromatic carbocycles. The molecule has 5 atom stereocenters. The van der Waals surface area contributed by atoms with Crippen molar-refractivity contribution in [2.45, 2.75) is 341 Å². The largest absolute Gasteiger partial charge is 0.472 e. The van der Waals surface area contributed by atoms with Gasteiger partial charge in [0.1, 0.15) is 19.3 Å². The number of ether oxygens (including phenoxy) is 4. The van der Waals surface area contributed by atoms with Crippen LogP contribution in [0.3, 0.4) is 0 Å². The van der Waals surface area contributed by atoms with Crippen molar-refractivity contribution in [1.82, 2.24) is 0 Å². The molecule has 0 fully saturated rings. The van der Waals surface area contributed by atoms with Crippen molar-refractivity contribution in [2.75, 3.05) is 39.6 Å². The summed E-state index contributed by atoms with van der Waals surface area (Å²) in [6.45, 7) is 4.60. The molecule has 0 aromatic rings. The summed E-state index contributed by atoms with van der Waals surface area (Å²) in [6, 6.07) is 0. The average molecular weight is 1450 g/mol. The van der Waals surface area contributed by atoms with Gasteiger partial charge >= 0.3 is 39.5 Å². The van der Waals surface area contributed by atoms with Gasteiger partial charge in [-0.1, -0.05) is 291 Å². The van der Waals surface area contributed by atoms with E-state index in [1.165, 1.54) is 96.3 Å². The quantitative estimate of drug-likeness (QED) is 0.0169. The minimum atomic E-state index is -5.00. The lowest BCUT2D eigenvalue weighted by Gasteiger charge is -2.21. The molecule has 0 saturated heterocycles. The molecule has 0 radical (unpaired) electrons. The van der Waals surface area contributed by atoms with E-state index < -0.39 is 97.5 Å². The number of unbranched alkanes of at least 4 members (excludes halogenated alkanes) is 30. The number of allylic oxidation sites excluding steroid dienone is 17. The van der Waals surface area contributed by atoms with Crippen LogP contribution in [0.4, 0.5) is 0 Å². The third-order valence-corrected chi connectivity index (χ3v) is 18.2. The van der Waals surface area contributed by atoms with Crippen molar-refractivity contribution in [1.29, 1.82) is 0 Å². The lowest BCUT2D eigenvalue weighted by atomic mass is 10.0. The highest BCUT2D eigenvalue weighted by Crippen LogP contribution is 2.45. The summed E-state index contributed by atoms with van der Waals surface area (Å²) < 4.78 is 68.4. The number of hydrogen-bond donors (Lipinski definition) is 3. The van der Waals surface area contributed by atoms with Crippen LogP contribution in [-0.4, -0.2) is 96.7 Å². The minimum Gasteiger partial charge on any atom is -0.462 e. The van der Waals surface area contributed by atoms with Crippen molar-refractivity contribution >= 4 is 39.5 Å². The summed E-state index contributed by atoms with van der Waals surface area (Å²) in [5.41, 5.74) is 0. The van der Waals surface area contributed by atoms with E-state index in [0.717, 1.165) is 148 Å². The van der Waals surface area contributed by atoms with Gasteiger partial charge in [-0.05, 0) is 116 Å². The van der Waals surface area contributed by atoms with Gasteiger partial charge in [-0.15, -0.1) is 0 Å². The maximum absolute atomic E-state index is 13.1. The molecular weight excluding hydrogens is 1310 g/mol. The van der Waals surface area contributed by atoms with E-state index >= 15 is 0 Å². The maximum Gasteiger partial charge on any atom is 0.472 e. The number of aliphatic hydroxyl groups excluding tert-OH is 1. The number of hydrogen-bond acceptors (Lipinski definition) is 15. The average Bonchev–Trinajstić information content (AvgIpc) is 0.946. The molecule has 0 aliphatic carbocycles. The number of phosphoric acid groups is 2. The molecule has 0 rings (SSSR count). The highest BCUT2D eigenvalue weighted by Gasteiger charge is 2.30. The zero-order valence-corrected chi connectivity index (χ0v) is 64.6. The van der Waals surface area contributed by atoms with Crippen LogP contribution in [0.15, 0.2) is 109 Å². The molecule has 0 spiro atoms. The Morgan fingerprint density at radius 1 is 0.300 bits per heavy atom. The summed E-state index contributed by atoms with van der Waals surface area (Å²) in [5, 5.41) is 10.6. The van der Waals surface area contributed by atoms with Crippen LogP contribution in [-0.2, 0) is 65.4 Å². The van der Waals surface area contributed by atoms with Gasteiger partial charge in [0.2, 0.25) is 0 Å². The SMILES string of the molecule is CC/C=C\C/C=C\C/C=C\C/C=C\C/C=C\CC(=O)OC(COC(=O)CCCCCCCC/C=C\C/C=C\C/C=C\CCCCC)COP(=O)(O)OCC(O)COP(=O)(O)OCC(COC(=O)CCCCCCC/C=C\CCCCCC)OC(=O)CCCCCCCCCCCCCCC. The third kappa shape index (κ3) is 72.1. The molecular formula is C81H140O17P2. The number of esters is 4. The zero-order chi connectivity index (χ0) is 73.2. The first-order valence-electron chi connectivity index (χ1n) is 39.1. The van der Waals surface area contributed by atoms with Gasteiger partial charge in [0.05, 0.1) is 32.8 Å². The van der Waals surface area contributed by atoms with Crippen LogP contribution in [0.25, 0.3) is 0 Å². The lowest BCUT2D eigenvalue weighted by molar-refractivity contribution is -0.161. The maximum atomic E-state index is 13.1. The molecule has 576 valence electrons. The number of aliphatic hydroxyl groups is 1. The van der Waals surface area contributed by atoms with Crippen LogP contribution in [0.2, 0.25) is 0 Å². The first-order chi connectivity index (χ1) is 48.7. The molecule has 17 nitrogen and oxygen atoms in total. The molecule has 5 unspecified atom stereocenters. The van der Waals surface area contributed by atoms with Crippen molar-refractivity contribution < 1.29 is 80.2 Å². The van der Waals surface area contributed by atoms with Gasteiger partial charge < -0.3 is 33.8 Å². The summed E-state index contributed by atoms with van der Waals surface area (Å²) in [6.07, 6.45) is 78.2. The monoisotopic (exact) mass is 1450 g/mol. The Morgan fingerprint density at radius 3 is 0.930 bits per heavy atom. The van der Waals surface area contributed by atoms with Gasteiger partial charge in [0.25, 0.3) is 0 Å². The molecule has 0 aliphatic heterocycles. The van der Waals surface area contributed by atoms with E-state index in [-0.39, 0.29) is 25.7 Å². The van der Waals surface area contributed by atoms with E-state index in [1.54, 1.807) is 12.2 Å². The van der Waals surface area contributed by atoms with E-state index in [2.05, 4.69) is 113 Å². The second kappa shape index (κ2) is 73.0. The summed E-state index contributed by atoms with van der Waals surface area (Å²) in [5.74, 6) is -2.33. The van der Waals surface area contributed by atoms with E-state index in [9.17, 15) is 43.2 Å². The number of carbonyl (C=O) groups excluding carboxylic acids is 4. The van der Waals surface area contributed by atoms with Gasteiger partial charge in [0, 0.05) is 19.3 Å². The van der Waals surface area contributed by atoms with Crippen LogP contribution in [0, 0.1) is 0 Å². The highest BCUT2D eigenvalue weighted by molar-refractivity contribution is 7.47. The van der Waals surface area contributed by atoms with Crippen LogP contribution in [0.5, 0.6) is 0 Å². The Labute approximate surface area is 607 Å². The van der Waals surface area contributed by atoms with Crippen molar-refractivity contribution in [3.8, 4) is 0 Å². The predicted octanol–water partition coefficient (Wildman–Crippen LogP) is 22.6. The van der Waals surface area contributed by atoms with Crippen LogP contribution < -0.4 is 0 Å². The van der Waals surface area contributed by atoms with E-state index in [0.29, 0.717) is 25.7 Å². The first-order valence-corrected chi connectivity index (χ1v) is 42.1. The standard InChI is InChI=1S/C81H140O17P2/c1-5-9-13-17-21-25-29-33-35-36-37-38-40-43-46-50-54-58-62-66-79(84)92-72-77(98-81(86)68-64-60-56-52-48-44-39-34-30-26-22-18-14-10-6-2)74-96-100(89,90)94-70-75(82)69-93-99(87,88)95-73-76(97-80(85)67-63-59-55-51-47-42-32-28-24-20-16-12-8-4)71-91-78(83)65-61-57-53-49-45-41-31-27-23-19-15-11-7-3/h10,14,21-22,25-27,31,33-35,37-39,48,52,60,64,75-77,82H,5-9,11-13,15-20,23-24,28-30,32,36,40-47,49-51,53-59,61-63,65-74H2,1-4H3,(H,87,88)(H,89,90)/b14-10-,25-21-,26-22-,31-27-,35-33-,38-37-,39-34-,52-48-,64-60-. The van der Waals surface area contributed by atoms with E-state index in [1.807, 2.05) is 12.2 Å². The van der Waals surface area contributed by atoms with Crippen molar-refractivity contribution in [3.63, 3.8) is 0 Å². The number of carbonyl (C=O) groups is 4. The van der Waals surface area contributed by atoms with Gasteiger partial charge in [-0.3, -0.25) is 37.3 Å². The predicted molar refractivity (Wildman–Crippen MR) is 408 cm³/mol. The topological polar surface area (TPSA) is 237 Å². The molecule has 3 N–H and O–H groups in total. The van der Waals surface area contributed by atoms with E-state index in [4.69, 9.17) is 37.0 Å². The van der Waals surface area contributed by atoms with Crippen molar-refractivity contribution in [3.05, 3.63) is 109 Å². The molecule has 100 heavy (non-hydrogen) atoms. The Hall–Kier alpha value is -4.28. The molecule has 0 aromatic heterocycles. The molecule has 0 saturated carbocycles. The Bertz CT molecular complexity index is 2320. The minimum absolute atomic E-state index is 0.0938. The van der Waals surface area contributed by atoms with Gasteiger partial charge in [0.15, 0.2) is 12.2 Å². The lowest BCUT2D eigenvalue weighted by Crippen LogP contribution is -2.30. The molecule has 0 heterocycles. The fraction of sp³-hybridized carbons (Fsp3) is 0.728. The third-order valence-electron chi connectivity index (χ3n) is 16.3. The smallest absolute Gasteiger partial charge is 0.462 e. The summed E-state index contributed by atoms with van der Waals surface area (Å²) >= 11 is 0. The molecule has 0 aliphatic rings. The zero-order valence-electron chi connectivity index (χ0n) is 62.8. The number of rotatable bonds is 73. The first kappa shape index (κ1) is 95.7.